The number of halogens is 1. The summed E-state index contributed by atoms with van der Waals surface area (Å²) < 4.78 is 0. The van der Waals surface area contributed by atoms with E-state index < -0.39 is 0 Å². The molecule has 0 spiro atoms. The molecule has 2 N–H and O–H groups in total. The quantitative estimate of drug-likeness (QED) is 0.570. The van der Waals surface area contributed by atoms with Crippen molar-refractivity contribution in [1.82, 2.24) is 5.43 Å². The third-order valence-corrected chi connectivity index (χ3v) is 4.65. The summed E-state index contributed by atoms with van der Waals surface area (Å²) in [6.45, 7) is 7.88. The Morgan fingerprint density at radius 3 is 2.33 bits per heavy atom. The lowest BCUT2D eigenvalue weighted by molar-refractivity contribution is -0.124. The molecule has 2 amide bonds. The first-order valence-electron chi connectivity index (χ1n) is 8.72. The second-order valence-corrected chi connectivity index (χ2v) is 6.97. The topological polar surface area (TPSA) is 70.6 Å². The standard InChI is InChI=1S/C21H24ClN3O2/c1-13-10-14(2)17(15(3)11-13)12-23-25-21(27)9-8-20(26)24-19-7-5-6-18(22)16(19)4/h5-7,10-12H,8-9H2,1-4H3,(H,24,26)(H,25,27)/b23-12-. The van der Waals surface area contributed by atoms with Crippen LogP contribution < -0.4 is 10.7 Å². The molecule has 0 saturated carbocycles. The summed E-state index contributed by atoms with van der Waals surface area (Å²) >= 11 is 6.03. The van der Waals surface area contributed by atoms with Crippen LogP contribution in [0, 0.1) is 27.7 Å². The zero-order valence-corrected chi connectivity index (χ0v) is 16.8. The molecule has 142 valence electrons. The normalized spacial score (nSPS) is 10.9. The zero-order valence-electron chi connectivity index (χ0n) is 16.0. The van der Waals surface area contributed by atoms with E-state index in [9.17, 15) is 9.59 Å². The van der Waals surface area contributed by atoms with E-state index in [-0.39, 0.29) is 24.7 Å². The van der Waals surface area contributed by atoms with Gasteiger partial charge in [-0.1, -0.05) is 35.4 Å². The van der Waals surface area contributed by atoms with E-state index in [1.54, 1.807) is 24.4 Å². The van der Waals surface area contributed by atoms with E-state index in [0.717, 1.165) is 22.3 Å². The molecule has 0 heterocycles. The van der Waals surface area contributed by atoms with Crippen LogP contribution in [0.5, 0.6) is 0 Å². The van der Waals surface area contributed by atoms with Crippen molar-refractivity contribution in [3.63, 3.8) is 0 Å². The van der Waals surface area contributed by atoms with Crippen LogP contribution in [0.1, 0.15) is 40.7 Å². The SMILES string of the molecule is Cc1cc(C)c(/C=N\NC(=O)CCC(=O)Nc2cccc(Cl)c2C)c(C)c1. The minimum Gasteiger partial charge on any atom is -0.326 e. The summed E-state index contributed by atoms with van der Waals surface area (Å²) in [6, 6.07) is 9.43. The van der Waals surface area contributed by atoms with Gasteiger partial charge in [-0.2, -0.15) is 5.10 Å². The maximum absolute atomic E-state index is 12.0. The van der Waals surface area contributed by atoms with Crippen LogP contribution in [0.25, 0.3) is 0 Å². The Bertz CT molecular complexity index is 868. The molecule has 0 aliphatic rings. The fourth-order valence-corrected chi connectivity index (χ4v) is 2.98. The average Bonchev–Trinajstić information content (AvgIpc) is 2.59. The first kappa shape index (κ1) is 20.6. The minimum absolute atomic E-state index is 0.0502. The number of carbonyl (C=O) groups is 2. The van der Waals surface area contributed by atoms with Crippen molar-refractivity contribution in [2.45, 2.75) is 40.5 Å². The fraction of sp³-hybridized carbons (Fsp3) is 0.286. The van der Waals surface area contributed by atoms with Crippen molar-refractivity contribution < 1.29 is 9.59 Å². The van der Waals surface area contributed by atoms with Gasteiger partial charge in [-0.15, -0.1) is 0 Å². The molecule has 2 rings (SSSR count). The van der Waals surface area contributed by atoms with Gasteiger partial charge in [-0.3, -0.25) is 9.59 Å². The van der Waals surface area contributed by atoms with Crippen LogP contribution >= 0.6 is 11.6 Å². The van der Waals surface area contributed by atoms with Crippen LogP contribution in [0.4, 0.5) is 5.69 Å². The van der Waals surface area contributed by atoms with Crippen LogP contribution in [-0.4, -0.2) is 18.0 Å². The Kier molecular flexibility index (Phi) is 7.13. The van der Waals surface area contributed by atoms with Crippen LogP contribution in [0.2, 0.25) is 5.02 Å². The number of hydrazone groups is 1. The van der Waals surface area contributed by atoms with Crippen LogP contribution in [0.15, 0.2) is 35.4 Å². The van der Waals surface area contributed by atoms with Gasteiger partial charge in [0, 0.05) is 29.1 Å². The Hall–Kier alpha value is -2.66. The van der Waals surface area contributed by atoms with Gasteiger partial charge in [0.2, 0.25) is 11.8 Å². The Morgan fingerprint density at radius 1 is 1.04 bits per heavy atom. The van der Waals surface area contributed by atoms with Gasteiger partial charge < -0.3 is 5.32 Å². The first-order valence-corrected chi connectivity index (χ1v) is 9.10. The van der Waals surface area contributed by atoms with Gasteiger partial charge in [-0.25, -0.2) is 5.43 Å². The highest BCUT2D eigenvalue weighted by Crippen LogP contribution is 2.23. The third kappa shape index (κ3) is 5.93. The molecule has 0 aliphatic heterocycles. The van der Waals surface area contributed by atoms with E-state index in [4.69, 9.17) is 11.6 Å². The molecule has 0 aromatic heterocycles. The second kappa shape index (κ2) is 9.33. The third-order valence-electron chi connectivity index (χ3n) is 4.24. The Labute approximate surface area is 164 Å². The van der Waals surface area contributed by atoms with E-state index in [1.165, 1.54) is 5.56 Å². The van der Waals surface area contributed by atoms with E-state index in [2.05, 4.69) is 28.0 Å². The average molecular weight is 386 g/mol. The molecule has 2 aromatic carbocycles. The molecule has 2 aromatic rings. The predicted octanol–water partition coefficient (Wildman–Crippen LogP) is 4.44. The first-order chi connectivity index (χ1) is 12.8. The van der Waals surface area contributed by atoms with Crippen molar-refractivity contribution in [3.8, 4) is 0 Å². The van der Waals surface area contributed by atoms with Gasteiger partial charge in [0.05, 0.1) is 6.21 Å². The molecule has 0 aliphatic carbocycles. The summed E-state index contributed by atoms with van der Waals surface area (Å²) in [7, 11) is 0. The molecular formula is C21H24ClN3O2. The summed E-state index contributed by atoms with van der Waals surface area (Å²) in [5.74, 6) is -0.559. The summed E-state index contributed by atoms with van der Waals surface area (Å²) in [4.78, 5) is 23.9. The largest absolute Gasteiger partial charge is 0.326 e. The summed E-state index contributed by atoms with van der Waals surface area (Å²) in [5.41, 5.74) is 8.28. The summed E-state index contributed by atoms with van der Waals surface area (Å²) in [6.07, 6.45) is 1.75. The monoisotopic (exact) mass is 385 g/mol. The second-order valence-electron chi connectivity index (χ2n) is 6.57. The lowest BCUT2D eigenvalue weighted by Crippen LogP contribution is -2.21. The maximum atomic E-state index is 12.0. The van der Waals surface area contributed by atoms with Gasteiger partial charge in [0.1, 0.15) is 0 Å². The summed E-state index contributed by atoms with van der Waals surface area (Å²) in [5, 5.41) is 7.36. The molecule has 0 bridgehead atoms. The molecule has 0 fully saturated rings. The van der Waals surface area contributed by atoms with Gasteiger partial charge >= 0.3 is 0 Å². The number of hydrogen-bond acceptors (Lipinski definition) is 3. The Balaban J connectivity index is 1.84. The number of aryl methyl sites for hydroxylation is 3. The molecule has 0 unspecified atom stereocenters. The number of anilines is 1. The number of nitrogens with one attached hydrogen (secondary N) is 2. The van der Waals surface area contributed by atoms with Crippen molar-refractivity contribution in [2.24, 2.45) is 5.10 Å². The van der Waals surface area contributed by atoms with Crippen molar-refractivity contribution in [1.29, 1.82) is 0 Å². The van der Waals surface area contributed by atoms with E-state index >= 15 is 0 Å². The van der Waals surface area contributed by atoms with Crippen LogP contribution in [0.3, 0.4) is 0 Å². The van der Waals surface area contributed by atoms with E-state index in [0.29, 0.717) is 10.7 Å². The number of benzene rings is 2. The molecule has 0 atom stereocenters. The lowest BCUT2D eigenvalue weighted by atomic mass is 10.0. The highest BCUT2D eigenvalue weighted by Gasteiger charge is 2.09. The smallest absolute Gasteiger partial charge is 0.240 e. The number of hydrogen-bond donors (Lipinski definition) is 2. The predicted molar refractivity (Wildman–Crippen MR) is 110 cm³/mol. The van der Waals surface area contributed by atoms with Gasteiger partial charge in [-0.05, 0) is 56.5 Å². The molecule has 6 heteroatoms. The number of carbonyl (C=O) groups excluding carboxylic acids is 2. The lowest BCUT2D eigenvalue weighted by Gasteiger charge is -2.09. The molecule has 0 radical (unpaired) electrons. The Morgan fingerprint density at radius 2 is 1.67 bits per heavy atom. The van der Waals surface area contributed by atoms with E-state index in [1.807, 2.05) is 27.7 Å². The zero-order chi connectivity index (χ0) is 20.0. The van der Waals surface area contributed by atoms with Crippen molar-refractivity contribution in [3.05, 3.63) is 63.2 Å². The highest BCUT2D eigenvalue weighted by atomic mass is 35.5. The molecule has 27 heavy (non-hydrogen) atoms. The number of amides is 2. The van der Waals surface area contributed by atoms with Gasteiger partial charge in [0.25, 0.3) is 0 Å². The number of nitrogens with zero attached hydrogens (tertiary/aromatic N) is 1. The maximum Gasteiger partial charge on any atom is 0.240 e. The number of rotatable bonds is 6. The van der Waals surface area contributed by atoms with Gasteiger partial charge in [0.15, 0.2) is 0 Å². The molecular weight excluding hydrogens is 362 g/mol. The van der Waals surface area contributed by atoms with Crippen LogP contribution in [-0.2, 0) is 9.59 Å². The molecule has 5 nitrogen and oxygen atoms in total. The fourth-order valence-electron chi connectivity index (χ4n) is 2.80. The van der Waals surface area contributed by atoms with Crippen molar-refractivity contribution >= 4 is 35.3 Å². The van der Waals surface area contributed by atoms with Crippen molar-refractivity contribution in [2.75, 3.05) is 5.32 Å². The highest BCUT2D eigenvalue weighted by molar-refractivity contribution is 6.31. The molecule has 0 saturated heterocycles. The minimum atomic E-state index is -0.313.